The number of nitrogens with one attached hydrogen (secondary N) is 2. The first-order chi connectivity index (χ1) is 20.4. The van der Waals surface area contributed by atoms with Gasteiger partial charge in [-0.2, -0.15) is 15.0 Å². The third-order valence-electron chi connectivity index (χ3n) is 7.42. The highest BCUT2D eigenvalue weighted by molar-refractivity contribution is 6.34. The third-order valence-corrected chi connectivity index (χ3v) is 7.74. The SMILES string of the molecule is CN(C)c1ccc(C(=O)Nc2ccc(Nc3nc(N4CC(N)CC(N)C4)nc(N4CC(N)CC(N)C4)n3)cc2Cl)c(O)c1. The van der Waals surface area contributed by atoms with Crippen LogP contribution in [0.3, 0.4) is 0 Å². The number of phenols is 1. The van der Waals surface area contributed by atoms with E-state index in [0.29, 0.717) is 55.4 Å². The number of hydrogen-bond donors (Lipinski definition) is 7. The van der Waals surface area contributed by atoms with Crippen LogP contribution in [0.25, 0.3) is 0 Å². The zero-order chi connectivity index (χ0) is 30.8. The number of aromatic hydroxyl groups is 1. The summed E-state index contributed by atoms with van der Waals surface area (Å²) in [4.78, 5) is 32.7. The summed E-state index contributed by atoms with van der Waals surface area (Å²) in [6.07, 6.45) is 1.44. The van der Waals surface area contributed by atoms with E-state index in [2.05, 4.69) is 20.6 Å². The molecule has 1 amide bonds. The van der Waals surface area contributed by atoms with Gasteiger partial charge < -0.3 is 53.4 Å². The molecule has 2 saturated heterocycles. The second-order valence-electron chi connectivity index (χ2n) is 11.5. The molecule has 5 rings (SSSR count). The molecule has 2 aromatic carbocycles. The Morgan fingerprint density at radius 3 is 1.93 bits per heavy atom. The molecule has 15 heteroatoms. The average molecular weight is 611 g/mol. The average Bonchev–Trinajstić information content (AvgIpc) is 2.93. The Kier molecular flexibility index (Phi) is 9.03. The number of aromatic nitrogens is 3. The van der Waals surface area contributed by atoms with Crippen LogP contribution in [0.2, 0.25) is 5.02 Å². The second kappa shape index (κ2) is 12.7. The number of rotatable bonds is 7. The van der Waals surface area contributed by atoms with Crippen LogP contribution in [0.5, 0.6) is 5.75 Å². The first kappa shape index (κ1) is 30.5. The topological polar surface area (TPSA) is 214 Å². The summed E-state index contributed by atoms with van der Waals surface area (Å²) in [5.74, 6) is 0.555. The summed E-state index contributed by atoms with van der Waals surface area (Å²) in [6.45, 7) is 2.24. The van der Waals surface area contributed by atoms with E-state index in [1.807, 2.05) is 28.8 Å². The van der Waals surface area contributed by atoms with Crippen molar-refractivity contribution in [1.29, 1.82) is 0 Å². The zero-order valence-electron chi connectivity index (χ0n) is 24.2. The van der Waals surface area contributed by atoms with Crippen molar-refractivity contribution < 1.29 is 9.90 Å². The highest BCUT2D eigenvalue weighted by Gasteiger charge is 2.29. The number of anilines is 6. The van der Waals surface area contributed by atoms with E-state index in [-0.39, 0.29) is 40.5 Å². The van der Waals surface area contributed by atoms with Gasteiger partial charge in [0.2, 0.25) is 17.8 Å². The van der Waals surface area contributed by atoms with E-state index in [1.54, 1.807) is 30.3 Å². The fourth-order valence-electron chi connectivity index (χ4n) is 5.38. The summed E-state index contributed by atoms with van der Waals surface area (Å²) in [7, 11) is 3.69. The van der Waals surface area contributed by atoms with Gasteiger partial charge in [-0.05, 0) is 43.2 Å². The van der Waals surface area contributed by atoms with Crippen LogP contribution in [-0.2, 0) is 0 Å². The van der Waals surface area contributed by atoms with Crippen LogP contribution in [-0.4, -0.2) is 90.4 Å². The normalized spacial score (nSPS) is 22.3. The predicted molar refractivity (Wildman–Crippen MR) is 171 cm³/mol. The molecule has 0 bridgehead atoms. The van der Waals surface area contributed by atoms with E-state index < -0.39 is 5.91 Å². The highest BCUT2D eigenvalue weighted by atomic mass is 35.5. The number of amides is 1. The van der Waals surface area contributed by atoms with Gasteiger partial charge in [0.1, 0.15) is 5.75 Å². The first-order valence-corrected chi connectivity index (χ1v) is 14.5. The molecular formula is C28H39ClN12O2. The Morgan fingerprint density at radius 2 is 1.44 bits per heavy atom. The third kappa shape index (κ3) is 7.35. The summed E-state index contributed by atoms with van der Waals surface area (Å²) in [6, 6.07) is 9.45. The molecule has 1 aromatic heterocycles. The number of carbonyl (C=O) groups is 1. The van der Waals surface area contributed by atoms with Crippen molar-refractivity contribution in [3.05, 3.63) is 47.0 Å². The van der Waals surface area contributed by atoms with Crippen LogP contribution in [0.1, 0.15) is 23.2 Å². The Hall–Kier alpha value is -3.95. The molecule has 14 nitrogen and oxygen atoms in total. The van der Waals surface area contributed by atoms with Gasteiger partial charge in [-0.1, -0.05) is 11.6 Å². The minimum atomic E-state index is -0.493. The molecule has 3 heterocycles. The molecule has 4 unspecified atom stereocenters. The maximum absolute atomic E-state index is 12.9. The van der Waals surface area contributed by atoms with Crippen LogP contribution in [0.15, 0.2) is 36.4 Å². The van der Waals surface area contributed by atoms with Crippen molar-refractivity contribution >= 4 is 52.4 Å². The summed E-state index contributed by atoms with van der Waals surface area (Å²) >= 11 is 6.55. The molecule has 43 heavy (non-hydrogen) atoms. The van der Waals surface area contributed by atoms with Crippen LogP contribution >= 0.6 is 11.6 Å². The standard InChI is InChI=1S/C28H39ClN12O2/c1-39(2)20-4-5-21(24(42)10-20)25(43)35-23-6-3-19(9-22(23)29)34-26-36-27(40-11-15(30)7-16(31)12-40)38-28(37-26)41-13-17(32)8-18(33)14-41/h3-6,9-10,15-18,42H,7-8,11-14,30-33H2,1-2H3,(H,35,43)(H,34,36,37,38). The van der Waals surface area contributed by atoms with Gasteiger partial charge in [0, 0.05) is 81.9 Å². The lowest BCUT2D eigenvalue weighted by molar-refractivity contribution is 0.102. The van der Waals surface area contributed by atoms with Crippen molar-refractivity contribution in [1.82, 2.24) is 15.0 Å². The molecule has 3 aromatic rings. The molecule has 0 spiro atoms. The van der Waals surface area contributed by atoms with Crippen LogP contribution in [0, 0.1) is 0 Å². The molecule has 0 aliphatic carbocycles. The molecule has 11 N–H and O–H groups in total. The number of benzene rings is 2. The molecule has 0 saturated carbocycles. The molecule has 2 aliphatic rings. The van der Waals surface area contributed by atoms with Crippen molar-refractivity contribution in [3.8, 4) is 5.75 Å². The molecule has 230 valence electrons. The monoisotopic (exact) mass is 610 g/mol. The van der Waals surface area contributed by atoms with Gasteiger partial charge in [-0.15, -0.1) is 0 Å². The van der Waals surface area contributed by atoms with Crippen LogP contribution < -0.4 is 48.3 Å². The fraction of sp³-hybridized carbons (Fsp3) is 0.429. The Labute approximate surface area is 255 Å². The van der Waals surface area contributed by atoms with Crippen molar-refractivity contribution in [2.24, 2.45) is 22.9 Å². The Morgan fingerprint density at radius 1 is 0.884 bits per heavy atom. The second-order valence-corrected chi connectivity index (χ2v) is 11.9. The number of carbonyl (C=O) groups excluding carboxylic acids is 1. The van der Waals surface area contributed by atoms with Gasteiger partial charge in [0.25, 0.3) is 5.91 Å². The van der Waals surface area contributed by atoms with Gasteiger partial charge in [0.15, 0.2) is 0 Å². The summed E-state index contributed by atoms with van der Waals surface area (Å²) in [5.41, 5.74) is 26.8. The lowest BCUT2D eigenvalue weighted by Crippen LogP contribution is -2.54. The largest absolute Gasteiger partial charge is 0.507 e. The summed E-state index contributed by atoms with van der Waals surface area (Å²) in [5, 5.41) is 16.6. The van der Waals surface area contributed by atoms with E-state index in [0.717, 1.165) is 18.5 Å². The predicted octanol–water partition coefficient (Wildman–Crippen LogP) is 1.02. The molecule has 2 fully saturated rings. The lowest BCUT2D eigenvalue weighted by atomic mass is 10.0. The van der Waals surface area contributed by atoms with Crippen molar-refractivity contribution in [3.63, 3.8) is 0 Å². The number of halogens is 1. The maximum Gasteiger partial charge on any atom is 0.259 e. The minimum absolute atomic E-state index is 0.105. The molecule has 2 aliphatic heterocycles. The van der Waals surface area contributed by atoms with Gasteiger partial charge >= 0.3 is 0 Å². The molecular weight excluding hydrogens is 572 g/mol. The van der Waals surface area contributed by atoms with Gasteiger partial charge in [0.05, 0.1) is 16.3 Å². The number of nitrogens with two attached hydrogens (primary N) is 4. The van der Waals surface area contributed by atoms with E-state index in [1.165, 1.54) is 6.07 Å². The number of hydrogen-bond acceptors (Lipinski definition) is 13. The van der Waals surface area contributed by atoms with Gasteiger partial charge in [-0.25, -0.2) is 0 Å². The van der Waals surface area contributed by atoms with Gasteiger partial charge in [-0.3, -0.25) is 4.79 Å². The number of piperidine rings is 2. The van der Waals surface area contributed by atoms with Crippen molar-refractivity contribution in [2.75, 3.05) is 65.6 Å². The maximum atomic E-state index is 12.9. The van der Waals surface area contributed by atoms with E-state index >= 15 is 0 Å². The lowest BCUT2D eigenvalue weighted by Gasteiger charge is -2.37. The zero-order valence-corrected chi connectivity index (χ0v) is 25.0. The number of nitrogens with zero attached hydrogens (tertiary/aromatic N) is 6. The summed E-state index contributed by atoms with van der Waals surface area (Å²) < 4.78 is 0. The Balaban J connectivity index is 1.38. The smallest absolute Gasteiger partial charge is 0.259 e. The van der Waals surface area contributed by atoms with Crippen molar-refractivity contribution in [2.45, 2.75) is 37.0 Å². The van der Waals surface area contributed by atoms with E-state index in [9.17, 15) is 9.90 Å². The molecule has 0 radical (unpaired) electrons. The first-order valence-electron chi connectivity index (χ1n) is 14.1. The van der Waals surface area contributed by atoms with Crippen LogP contribution in [0.4, 0.5) is 34.9 Å². The Bertz CT molecular complexity index is 1410. The minimum Gasteiger partial charge on any atom is -0.507 e. The molecule has 4 atom stereocenters. The fourth-order valence-corrected chi connectivity index (χ4v) is 5.61. The van der Waals surface area contributed by atoms with E-state index in [4.69, 9.17) is 39.5 Å². The number of phenolic OH excluding ortho intramolecular Hbond substituents is 1. The highest BCUT2D eigenvalue weighted by Crippen LogP contribution is 2.30. The quantitative estimate of drug-likeness (QED) is 0.199.